The molecule has 0 aromatic heterocycles. The van der Waals surface area contributed by atoms with Crippen LogP contribution in [0.4, 0.5) is 0 Å². The fraction of sp³-hybridized carbons (Fsp3) is 0.500. The van der Waals surface area contributed by atoms with E-state index in [0.717, 1.165) is 30.6 Å². The molecule has 1 aromatic rings. The van der Waals surface area contributed by atoms with Crippen LogP contribution in [0, 0.1) is 0 Å². The summed E-state index contributed by atoms with van der Waals surface area (Å²) in [6.45, 7) is 3.00. The third-order valence-electron chi connectivity index (χ3n) is 2.56. The Hall–Kier alpha value is -0.420. The molecule has 1 unspecified atom stereocenters. The standard InChI is InChI=1S/C12H16BrNO2/c13-11-3-1-2-10(6-11)7-14-8-12-4-5-15-9-16-12/h1-3,6,12,14H,4-5,7-9H2. The number of hydrogen-bond donors (Lipinski definition) is 1. The molecule has 1 aliphatic rings. The Bertz CT molecular complexity index is 327. The maximum absolute atomic E-state index is 5.45. The highest BCUT2D eigenvalue weighted by Crippen LogP contribution is 2.11. The number of benzene rings is 1. The second-order valence-corrected chi connectivity index (χ2v) is 4.78. The second-order valence-electron chi connectivity index (χ2n) is 3.86. The first-order valence-electron chi connectivity index (χ1n) is 5.49. The number of halogens is 1. The molecule has 88 valence electrons. The summed E-state index contributed by atoms with van der Waals surface area (Å²) in [6.07, 6.45) is 1.27. The average molecular weight is 286 g/mol. The van der Waals surface area contributed by atoms with Gasteiger partial charge in [0.25, 0.3) is 0 Å². The lowest BCUT2D eigenvalue weighted by molar-refractivity contribution is -0.137. The predicted molar refractivity (Wildman–Crippen MR) is 66.2 cm³/mol. The molecular weight excluding hydrogens is 270 g/mol. The molecule has 0 saturated carbocycles. The van der Waals surface area contributed by atoms with Crippen molar-refractivity contribution in [2.24, 2.45) is 0 Å². The van der Waals surface area contributed by atoms with Gasteiger partial charge in [0.15, 0.2) is 0 Å². The van der Waals surface area contributed by atoms with Crippen LogP contribution < -0.4 is 5.32 Å². The lowest BCUT2D eigenvalue weighted by Crippen LogP contribution is -2.33. The maximum atomic E-state index is 5.45. The maximum Gasteiger partial charge on any atom is 0.147 e. The van der Waals surface area contributed by atoms with Gasteiger partial charge in [0, 0.05) is 17.6 Å². The van der Waals surface area contributed by atoms with Crippen molar-refractivity contribution < 1.29 is 9.47 Å². The van der Waals surface area contributed by atoms with E-state index in [0.29, 0.717) is 12.9 Å². The van der Waals surface area contributed by atoms with Crippen LogP contribution in [0.15, 0.2) is 28.7 Å². The van der Waals surface area contributed by atoms with E-state index in [4.69, 9.17) is 9.47 Å². The van der Waals surface area contributed by atoms with E-state index < -0.39 is 0 Å². The normalized spacial score (nSPS) is 20.9. The van der Waals surface area contributed by atoms with E-state index in [-0.39, 0.29) is 0 Å². The van der Waals surface area contributed by atoms with Crippen LogP contribution in [0.25, 0.3) is 0 Å². The van der Waals surface area contributed by atoms with Gasteiger partial charge in [-0.05, 0) is 24.1 Å². The summed E-state index contributed by atoms with van der Waals surface area (Å²) in [4.78, 5) is 0. The van der Waals surface area contributed by atoms with Crippen molar-refractivity contribution in [2.45, 2.75) is 19.1 Å². The molecule has 1 aromatic carbocycles. The monoisotopic (exact) mass is 285 g/mol. The highest BCUT2D eigenvalue weighted by Gasteiger charge is 2.12. The molecule has 1 aliphatic heterocycles. The zero-order valence-electron chi connectivity index (χ0n) is 9.12. The van der Waals surface area contributed by atoms with Gasteiger partial charge in [0.2, 0.25) is 0 Å². The summed E-state index contributed by atoms with van der Waals surface area (Å²) in [6, 6.07) is 8.32. The van der Waals surface area contributed by atoms with Crippen molar-refractivity contribution >= 4 is 15.9 Å². The van der Waals surface area contributed by atoms with Crippen molar-refractivity contribution in [3.8, 4) is 0 Å². The molecule has 0 radical (unpaired) electrons. The first-order chi connectivity index (χ1) is 7.84. The van der Waals surface area contributed by atoms with E-state index >= 15 is 0 Å². The van der Waals surface area contributed by atoms with Gasteiger partial charge >= 0.3 is 0 Å². The topological polar surface area (TPSA) is 30.5 Å². The molecule has 0 bridgehead atoms. The van der Waals surface area contributed by atoms with Crippen molar-refractivity contribution in [3.05, 3.63) is 34.3 Å². The second kappa shape index (κ2) is 6.35. The van der Waals surface area contributed by atoms with Crippen LogP contribution in [0.2, 0.25) is 0 Å². The molecule has 0 amide bonds. The lowest BCUT2D eigenvalue weighted by Gasteiger charge is -2.23. The van der Waals surface area contributed by atoms with E-state index in [2.05, 4.69) is 33.4 Å². The summed E-state index contributed by atoms with van der Waals surface area (Å²) in [7, 11) is 0. The SMILES string of the molecule is Brc1cccc(CNCC2CCOCO2)c1. The molecular formula is C12H16BrNO2. The fourth-order valence-corrected chi connectivity index (χ4v) is 2.13. The summed E-state index contributed by atoms with van der Waals surface area (Å²) in [5.74, 6) is 0. The zero-order valence-corrected chi connectivity index (χ0v) is 10.7. The smallest absolute Gasteiger partial charge is 0.147 e. The van der Waals surface area contributed by atoms with Crippen LogP contribution in [0.3, 0.4) is 0 Å². The third kappa shape index (κ3) is 3.87. The first kappa shape index (κ1) is 12.0. The van der Waals surface area contributed by atoms with Gasteiger partial charge in [-0.15, -0.1) is 0 Å². The van der Waals surface area contributed by atoms with E-state index in [1.807, 2.05) is 12.1 Å². The van der Waals surface area contributed by atoms with Gasteiger partial charge < -0.3 is 14.8 Å². The third-order valence-corrected chi connectivity index (χ3v) is 3.05. The molecule has 1 heterocycles. The molecule has 1 N–H and O–H groups in total. The van der Waals surface area contributed by atoms with Crippen LogP contribution >= 0.6 is 15.9 Å². The van der Waals surface area contributed by atoms with Gasteiger partial charge in [0.1, 0.15) is 6.79 Å². The quantitative estimate of drug-likeness (QED) is 0.921. The highest BCUT2D eigenvalue weighted by molar-refractivity contribution is 9.10. The number of nitrogens with one attached hydrogen (secondary N) is 1. The number of hydrogen-bond acceptors (Lipinski definition) is 3. The molecule has 2 rings (SSSR count). The van der Waals surface area contributed by atoms with E-state index in [1.54, 1.807) is 0 Å². The van der Waals surface area contributed by atoms with Crippen LogP contribution in [-0.4, -0.2) is 26.0 Å². The van der Waals surface area contributed by atoms with Crippen LogP contribution in [-0.2, 0) is 16.0 Å². The largest absolute Gasteiger partial charge is 0.355 e. The molecule has 3 nitrogen and oxygen atoms in total. The Morgan fingerprint density at radius 2 is 2.38 bits per heavy atom. The minimum atomic E-state index is 0.293. The Labute approximate surface area is 104 Å². The van der Waals surface area contributed by atoms with Crippen molar-refractivity contribution in [1.29, 1.82) is 0 Å². The Morgan fingerprint density at radius 3 is 3.12 bits per heavy atom. The van der Waals surface area contributed by atoms with Crippen molar-refractivity contribution in [3.63, 3.8) is 0 Å². The summed E-state index contributed by atoms with van der Waals surface area (Å²) in [5, 5.41) is 3.40. The minimum absolute atomic E-state index is 0.293. The lowest BCUT2D eigenvalue weighted by atomic mass is 10.2. The van der Waals surface area contributed by atoms with Gasteiger partial charge in [-0.2, -0.15) is 0 Å². The predicted octanol–water partition coefficient (Wildman–Crippen LogP) is 2.30. The van der Waals surface area contributed by atoms with Gasteiger partial charge in [-0.1, -0.05) is 28.1 Å². The van der Waals surface area contributed by atoms with Gasteiger partial charge in [0.05, 0.1) is 12.7 Å². The van der Waals surface area contributed by atoms with E-state index in [9.17, 15) is 0 Å². The van der Waals surface area contributed by atoms with Crippen LogP contribution in [0.5, 0.6) is 0 Å². The van der Waals surface area contributed by atoms with Crippen molar-refractivity contribution in [2.75, 3.05) is 19.9 Å². The Balaban J connectivity index is 1.71. The summed E-state index contributed by atoms with van der Waals surface area (Å²) >= 11 is 3.46. The molecule has 1 fully saturated rings. The highest BCUT2D eigenvalue weighted by atomic mass is 79.9. The molecule has 0 spiro atoms. The molecule has 4 heteroatoms. The first-order valence-corrected chi connectivity index (χ1v) is 6.28. The van der Waals surface area contributed by atoms with Gasteiger partial charge in [-0.25, -0.2) is 0 Å². The molecule has 0 aliphatic carbocycles. The number of ether oxygens (including phenoxy) is 2. The zero-order chi connectivity index (χ0) is 11.2. The summed E-state index contributed by atoms with van der Waals surface area (Å²) < 4.78 is 11.7. The fourth-order valence-electron chi connectivity index (χ4n) is 1.69. The molecule has 1 atom stereocenters. The van der Waals surface area contributed by atoms with E-state index in [1.165, 1.54) is 5.56 Å². The van der Waals surface area contributed by atoms with Gasteiger partial charge in [-0.3, -0.25) is 0 Å². The average Bonchev–Trinajstić information content (AvgIpc) is 2.30. The minimum Gasteiger partial charge on any atom is -0.355 e. The Kier molecular flexibility index (Phi) is 4.78. The summed E-state index contributed by atoms with van der Waals surface area (Å²) in [5.41, 5.74) is 1.28. The Morgan fingerprint density at radius 1 is 1.44 bits per heavy atom. The van der Waals surface area contributed by atoms with Crippen LogP contribution in [0.1, 0.15) is 12.0 Å². The molecule has 16 heavy (non-hydrogen) atoms. The van der Waals surface area contributed by atoms with Crippen molar-refractivity contribution in [1.82, 2.24) is 5.32 Å². The molecule has 1 saturated heterocycles. The number of rotatable bonds is 4.